The van der Waals surface area contributed by atoms with E-state index in [1.807, 2.05) is 6.92 Å². The summed E-state index contributed by atoms with van der Waals surface area (Å²) in [7, 11) is 0. The molecule has 0 aliphatic carbocycles. The molecule has 1 atom stereocenters. The zero-order chi connectivity index (χ0) is 10.8. The maximum Gasteiger partial charge on any atom is 0.0471 e. The molecule has 0 aliphatic heterocycles. The van der Waals surface area contributed by atoms with Gasteiger partial charge < -0.3 is 10.8 Å². The van der Waals surface area contributed by atoms with Crippen molar-refractivity contribution in [3.63, 3.8) is 0 Å². The second-order valence-corrected chi connectivity index (χ2v) is 4.36. The lowest BCUT2D eigenvalue weighted by molar-refractivity contribution is 0.247. The molecule has 78 valence electrons. The Morgan fingerprint density at radius 2 is 2.07 bits per heavy atom. The summed E-state index contributed by atoms with van der Waals surface area (Å²) in [6.45, 7) is 1.87. The number of benzene rings is 1. The molecule has 3 N–H and O–H groups in total. The lowest BCUT2D eigenvalue weighted by Gasteiger charge is -2.25. The van der Waals surface area contributed by atoms with Crippen molar-refractivity contribution in [2.75, 3.05) is 6.61 Å². The van der Waals surface area contributed by atoms with Gasteiger partial charge in [0.2, 0.25) is 0 Å². The van der Waals surface area contributed by atoms with Gasteiger partial charge in [0, 0.05) is 22.2 Å². The highest BCUT2D eigenvalue weighted by atomic mass is 35.5. The molecule has 0 fully saturated rings. The summed E-state index contributed by atoms with van der Waals surface area (Å²) < 4.78 is 0. The highest BCUT2D eigenvalue weighted by molar-refractivity contribution is 6.35. The van der Waals surface area contributed by atoms with Crippen LogP contribution in [0.5, 0.6) is 0 Å². The van der Waals surface area contributed by atoms with Crippen molar-refractivity contribution in [2.45, 2.75) is 18.9 Å². The van der Waals surface area contributed by atoms with Gasteiger partial charge in [0.25, 0.3) is 0 Å². The van der Waals surface area contributed by atoms with E-state index in [0.29, 0.717) is 16.5 Å². The van der Waals surface area contributed by atoms with Crippen LogP contribution < -0.4 is 5.73 Å². The van der Waals surface area contributed by atoms with Crippen LogP contribution in [0.4, 0.5) is 0 Å². The second kappa shape index (κ2) is 4.49. The topological polar surface area (TPSA) is 46.2 Å². The van der Waals surface area contributed by atoms with Crippen molar-refractivity contribution in [2.24, 2.45) is 5.73 Å². The number of halogens is 2. The van der Waals surface area contributed by atoms with E-state index in [2.05, 4.69) is 0 Å². The van der Waals surface area contributed by atoms with Crippen molar-refractivity contribution in [1.29, 1.82) is 0 Å². The summed E-state index contributed by atoms with van der Waals surface area (Å²) in [5.41, 5.74) is 6.20. The third-order valence-corrected chi connectivity index (χ3v) is 2.73. The summed E-state index contributed by atoms with van der Waals surface area (Å²) in [6, 6.07) is 5.19. The first-order valence-corrected chi connectivity index (χ1v) is 5.08. The molecular formula is C10H13Cl2NO. The van der Waals surface area contributed by atoms with Crippen LogP contribution in [-0.2, 0) is 5.54 Å². The van der Waals surface area contributed by atoms with Gasteiger partial charge in [0.1, 0.15) is 0 Å². The monoisotopic (exact) mass is 233 g/mol. The van der Waals surface area contributed by atoms with Crippen molar-refractivity contribution >= 4 is 23.2 Å². The first-order chi connectivity index (χ1) is 6.47. The van der Waals surface area contributed by atoms with Crippen molar-refractivity contribution in [3.05, 3.63) is 33.8 Å². The third kappa shape index (κ3) is 2.61. The molecule has 0 saturated heterocycles. The molecule has 1 aromatic rings. The molecule has 1 unspecified atom stereocenters. The van der Waals surface area contributed by atoms with Crippen LogP contribution in [0.3, 0.4) is 0 Å². The van der Waals surface area contributed by atoms with Crippen LogP contribution in [0.2, 0.25) is 10.0 Å². The standard InChI is InChI=1S/C10H13Cl2NO/c1-10(13,4-5-14)8-3-2-7(11)6-9(8)12/h2-3,6,14H,4-5,13H2,1H3. The van der Waals surface area contributed by atoms with Crippen LogP contribution in [-0.4, -0.2) is 11.7 Å². The van der Waals surface area contributed by atoms with Gasteiger partial charge in [-0.2, -0.15) is 0 Å². The Balaban J connectivity index is 3.06. The molecule has 1 rings (SSSR count). The molecule has 0 radical (unpaired) electrons. The van der Waals surface area contributed by atoms with E-state index in [9.17, 15) is 0 Å². The highest BCUT2D eigenvalue weighted by Gasteiger charge is 2.23. The second-order valence-electron chi connectivity index (χ2n) is 3.52. The zero-order valence-electron chi connectivity index (χ0n) is 7.93. The van der Waals surface area contributed by atoms with Crippen LogP contribution >= 0.6 is 23.2 Å². The van der Waals surface area contributed by atoms with Crippen molar-refractivity contribution in [3.8, 4) is 0 Å². The van der Waals surface area contributed by atoms with Crippen molar-refractivity contribution < 1.29 is 5.11 Å². The van der Waals surface area contributed by atoms with E-state index < -0.39 is 5.54 Å². The largest absolute Gasteiger partial charge is 0.396 e. The Morgan fingerprint density at radius 1 is 1.43 bits per heavy atom. The normalized spacial score (nSPS) is 15.2. The van der Waals surface area contributed by atoms with Gasteiger partial charge in [-0.15, -0.1) is 0 Å². The fourth-order valence-electron chi connectivity index (χ4n) is 1.32. The van der Waals surface area contributed by atoms with Crippen LogP contribution in [0.25, 0.3) is 0 Å². The predicted molar refractivity (Wildman–Crippen MR) is 59.7 cm³/mol. The number of nitrogens with two attached hydrogens (primary N) is 1. The fraction of sp³-hybridized carbons (Fsp3) is 0.400. The quantitative estimate of drug-likeness (QED) is 0.844. The Kier molecular flexibility index (Phi) is 3.78. The first-order valence-electron chi connectivity index (χ1n) is 4.32. The van der Waals surface area contributed by atoms with Gasteiger partial charge in [-0.1, -0.05) is 29.3 Å². The number of aliphatic hydroxyl groups excluding tert-OH is 1. The minimum absolute atomic E-state index is 0.0337. The lowest BCUT2D eigenvalue weighted by atomic mass is 9.90. The van der Waals surface area contributed by atoms with Gasteiger partial charge in [0.05, 0.1) is 0 Å². The molecule has 0 saturated carbocycles. The van der Waals surface area contributed by atoms with E-state index in [4.69, 9.17) is 34.0 Å². The summed E-state index contributed by atoms with van der Waals surface area (Å²) in [5, 5.41) is 9.98. The van der Waals surface area contributed by atoms with E-state index in [0.717, 1.165) is 5.56 Å². The zero-order valence-corrected chi connectivity index (χ0v) is 9.44. The Labute approximate surface area is 93.6 Å². The van der Waals surface area contributed by atoms with Gasteiger partial charge in [0.15, 0.2) is 0 Å². The lowest BCUT2D eigenvalue weighted by Crippen LogP contribution is -2.34. The van der Waals surface area contributed by atoms with E-state index >= 15 is 0 Å². The van der Waals surface area contributed by atoms with Gasteiger partial charge >= 0.3 is 0 Å². The molecule has 2 nitrogen and oxygen atoms in total. The molecule has 0 amide bonds. The average Bonchev–Trinajstić information content (AvgIpc) is 2.02. The maximum absolute atomic E-state index is 8.86. The molecule has 4 heteroatoms. The van der Waals surface area contributed by atoms with Gasteiger partial charge in [-0.05, 0) is 31.0 Å². The minimum Gasteiger partial charge on any atom is -0.396 e. The first kappa shape index (κ1) is 11.8. The number of aliphatic hydroxyl groups is 1. The molecule has 0 heterocycles. The SMILES string of the molecule is CC(N)(CCO)c1ccc(Cl)cc1Cl. The summed E-state index contributed by atoms with van der Waals surface area (Å²) in [6.07, 6.45) is 0.467. The number of rotatable bonds is 3. The molecule has 14 heavy (non-hydrogen) atoms. The van der Waals surface area contributed by atoms with Crippen LogP contribution in [0.1, 0.15) is 18.9 Å². The van der Waals surface area contributed by atoms with E-state index in [1.165, 1.54) is 0 Å². The van der Waals surface area contributed by atoms with Gasteiger partial charge in [-0.25, -0.2) is 0 Å². The third-order valence-electron chi connectivity index (χ3n) is 2.18. The maximum atomic E-state index is 8.86. The molecular weight excluding hydrogens is 221 g/mol. The summed E-state index contributed by atoms with van der Waals surface area (Å²) >= 11 is 11.8. The Morgan fingerprint density at radius 3 is 2.57 bits per heavy atom. The molecule has 1 aromatic carbocycles. The fourth-order valence-corrected chi connectivity index (χ4v) is 1.94. The van der Waals surface area contributed by atoms with Crippen LogP contribution in [0.15, 0.2) is 18.2 Å². The smallest absolute Gasteiger partial charge is 0.0471 e. The molecule has 0 spiro atoms. The Hall–Kier alpha value is -0.280. The summed E-state index contributed by atoms with van der Waals surface area (Å²) in [5.74, 6) is 0. The summed E-state index contributed by atoms with van der Waals surface area (Å²) in [4.78, 5) is 0. The van der Waals surface area contributed by atoms with Gasteiger partial charge in [-0.3, -0.25) is 0 Å². The number of hydrogen-bond acceptors (Lipinski definition) is 2. The minimum atomic E-state index is -0.615. The Bertz CT molecular complexity index is 326. The molecule has 0 aromatic heterocycles. The number of hydrogen-bond donors (Lipinski definition) is 2. The predicted octanol–water partition coefficient (Wildman–Crippen LogP) is 2.55. The van der Waals surface area contributed by atoms with E-state index in [1.54, 1.807) is 18.2 Å². The molecule has 0 bridgehead atoms. The average molecular weight is 234 g/mol. The van der Waals surface area contributed by atoms with Crippen LogP contribution in [0, 0.1) is 0 Å². The molecule has 0 aliphatic rings. The van der Waals surface area contributed by atoms with Crippen molar-refractivity contribution in [1.82, 2.24) is 0 Å². The highest BCUT2D eigenvalue weighted by Crippen LogP contribution is 2.30. The van der Waals surface area contributed by atoms with E-state index in [-0.39, 0.29) is 6.61 Å².